The Kier molecular flexibility index (Phi) is 7.12. The van der Waals surface area contributed by atoms with Gasteiger partial charge in [0.05, 0.1) is 32.5 Å². The largest absolute Gasteiger partial charge is 0.497 e. The second-order valence-electron chi connectivity index (χ2n) is 5.93. The lowest BCUT2D eigenvalue weighted by atomic mass is 9.93. The zero-order valence-corrected chi connectivity index (χ0v) is 13.2. The number of benzene rings is 1. The Morgan fingerprint density at radius 2 is 1.86 bits per heavy atom. The lowest BCUT2D eigenvalue weighted by molar-refractivity contribution is 0.0257. The molecule has 124 valence electrons. The van der Waals surface area contributed by atoms with Gasteiger partial charge in [-0.15, -0.1) is 0 Å². The quantitative estimate of drug-likeness (QED) is 0.678. The highest BCUT2D eigenvalue weighted by Crippen LogP contribution is 2.18. The summed E-state index contributed by atoms with van der Waals surface area (Å²) in [6.45, 7) is 1.33. The van der Waals surface area contributed by atoms with E-state index in [-0.39, 0.29) is 6.10 Å². The van der Waals surface area contributed by atoms with Crippen molar-refractivity contribution >= 4 is 0 Å². The van der Waals surface area contributed by atoms with Gasteiger partial charge in [-0.05, 0) is 43.4 Å². The van der Waals surface area contributed by atoms with Crippen LogP contribution in [0.4, 0.5) is 0 Å². The van der Waals surface area contributed by atoms with Crippen LogP contribution in [-0.4, -0.2) is 48.7 Å². The van der Waals surface area contributed by atoms with Gasteiger partial charge in [-0.3, -0.25) is 0 Å². The van der Waals surface area contributed by atoms with E-state index < -0.39 is 6.10 Å². The summed E-state index contributed by atoms with van der Waals surface area (Å²) in [6, 6.07) is 8.11. The minimum atomic E-state index is -0.509. The number of aliphatic hydroxyl groups excluding tert-OH is 2. The lowest BCUT2D eigenvalue weighted by Gasteiger charge is -2.27. The molecule has 1 aromatic rings. The fourth-order valence-corrected chi connectivity index (χ4v) is 2.68. The number of hydrogen-bond acceptors (Lipinski definition) is 5. The maximum absolute atomic E-state index is 9.94. The van der Waals surface area contributed by atoms with Crippen LogP contribution in [0.25, 0.3) is 0 Å². The summed E-state index contributed by atoms with van der Waals surface area (Å²) in [7, 11) is 1.64. The van der Waals surface area contributed by atoms with E-state index in [9.17, 15) is 10.2 Å². The van der Waals surface area contributed by atoms with E-state index in [1.54, 1.807) is 7.11 Å². The van der Waals surface area contributed by atoms with Gasteiger partial charge in [0, 0.05) is 12.6 Å². The van der Waals surface area contributed by atoms with E-state index in [1.807, 2.05) is 24.3 Å². The molecule has 1 fully saturated rings. The van der Waals surface area contributed by atoms with Crippen LogP contribution >= 0.6 is 0 Å². The van der Waals surface area contributed by atoms with Crippen molar-refractivity contribution in [3.8, 4) is 5.75 Å². The Morgan fingerprint density at radius 3 is 2.50 bits per heavy atom. The Hall–Kier alpha value is -1.14. The summed E-state index contributed by atoms with van der Waals surface area (Å²) in [4.78, 5) is 0. The zero-order chi connectivity index (χ0) is 15.8. The van der Waals surface area contributed by atoms with E-state index in [2.05, 4.69) is 5.32 Å². The van der Waals surface area contributed by atoms with Crippen LogP contribution in [0, 0.1) is 0 Å². The van der Waals surface area contributed by atoms with Crippen molar-refractivity contribution in [2.75, 3.05) is 20.3 Å². The van der Waals surface area contributed by atoms with Crippen molar-refractivity contribution in [1.82, 2.24) is 5.32 Å². The molecule has 5 nitrogen and oxygen atoms in total. The maximum Gasteiger partial charge on any atom is 0.118 e. The minimum Gasteiger partial charge on any atom is -0.497 e. The Bertz CT molecular complexity index is 415. The summed E-state index contributed by atoms with van der Waals surface area (Å²) >= 11 is 0. The smallest absolute Gasteiger partial charge is 0.118 e. The van der Waals surface area contributed by atoms with Crippen LogP contribution in [0.3, 0.4) is 0 Å². The van der Waals surface area contributed by atoms with Crippen LogP contribution in [0.2, 0.25) is 0 Å². The Morgan fingerprint density at radius 1 is 1.18 bits per heavy atom. The number of ether oxygens (including phenoxy) is 2. The summed E-state index contributed by atoms with van der Waals surface area (Å²) in [6.07, 6.45) is 2.99. The fraction of sp³-hybridized carbons (Fsp3) is 0.647. The molecule has 0 saturated heterocycles. The Balaban J connectivity index is 1.58. The Labute approximate surface area is 132 Å². The molecule has 0 heterocycles. The van der Waals surface area contributed by atoms with Crippen LogP contribution < -0.4 is 10.1 Å². The van der Waals surface area contributed by atoms with E-state index in [0.717, 1.165) is 37.0 Å². The molecule has 0 aliphatic heterocycles. The van der Waals surface area contributed by atoms with Gasteiger partial charge in [0.25, 0.3) is 0 Å². The lowest BCUT2D eigenvalue weighted by Crippen LogP contribution is -2.40. The SMILES string of the molecule is COc1ccc(COC[C@@H](O)CNC2CCC(O)CC2)cc1. The van der Waals surface area contributed by atoms with Crippen molar-refractivity contribution < 1.29 is 19.7 Å². The third-order valence-corrected chi connectivity index (χ3v) is 4.08. The van der Waals surface area contributed by atoms with Gasteiger partial charge in [0.2, 0.25) is 0 Å². The third kappa shape index (κ3) is 5.93. The minimum absolute atomic E-state index is 0.143. The molecule has 5 heteroatoms. The molecule has 2 rings (SSSR count). The molecule has 1 saturated carbocycles. The van der Waals surface area contributed by atoms with Crippen molar-refractivity contribution in [2.24, 2.45) is 0 Å². The van der Waals surface area contributed by atoms with Crippen LogP contribution in [-0.2, 0) is 11.3 Å². The highest BCUT2D eigenvalue weighted by Gasteiger charge is 2.19. The number of rotatable bonds is 8. The summed E-state index contributed by atoms with van der Waals surface area (Å²) in [5, 5.41) is 22.7. The van der Waals surface area contributed by atoms with Crippen LogP contribution in [0.5, 0.6) is 5.75 Å². The fourth-order valence-electron chi connectivity index (χ4n) is 2.68. The molecular weight excluding hydrogens is 282 g/mol. The average molecular weight is 309 g/mol. The summed E-state index contributed by atoms with van der Waals surface area (Å²) in [5.74, 6) is 0.825. The van der Waals surface area contributed by atoms with Crippen LogP contribution in [0.1, 0.15) is 31.2 Å². The first-order chi connectivity index (χ1) is 10.7. The molecular formula is C17H27NO4. The van der Waals surface area contributed by atoms with Gasteiger partial charge in [-0.2, -0.15) is 0 Å². The molecule has 0 radical (unpaired) electrons. The van der Waals surface area contributed by atoms with Crippen molar-refractivity contribution in [3.63, 3.8) is 0 Å². The van der Waals surface area contributed by atoms with E-state index in [1.165, 1.54) is 0 Å². The van der Waals surface area contributed by atoms with Crippen molar-refractivity contribution in [2.45, 2.75) is 50.5 Å². The standard InChI is InChI=1S/C17H27NO4/c1-21-17-8-2-13(3-9-17)11-22-12-16(20)10-18-14-4-6-15(19)7-5-14/h2-3,8-9,14-16,18-20H,4-7,10-12H2,1H3/t14?,15?,16-/m0/s1. The molecule has 3 N–H and O–H groups in total. The van der Waals surface area contributed by atoms with Gasteiger partial charge in [0.1, 0.15) is 5.75 Å². The molecule has 22 heavy (non-hydrogen) atoms. The molecule has 1 aromatic carbocycles. The number of nitrogens with one attached hydrogen (secondary N) is 1. The highest BCUT2D eigenvalue weighted by atomic mass is 16.5. The molecule has 0 unspecified atom stereocenters. The predicted molar refractivity (Wildman–Crippen MR) is 84.9 cm³/mol. The second kappa shape index (κ2) is 9.10. The molecule has 0 spiro atoms. The third-order valence-electron chi connectivity index (χ3n) is 4.08. The first-order valence-electron chi connectivity index (χ1n) is 7.97. The molecule has 0 amide bonds. The van der Waals surface area contributed by atoms with Gasteiger partial charge in [0.15, 0.2) is 0 Å². The normalized spacial score (nSPS) is 23.2. The highest BCUT2D eigenvalue weighted by molar-refractivity contribution is 5.26. The van der Waals surface area contributed by atoms with E-state index in [0.29, 0.717) is 25.8 Å². The van der Waals surface area contributed by atoms with Crippen molar-refractivity contribution in [1.29, 1.82) is 0 Å². The first-order valence-corrected chi connectivity index (χ1v) is 7.97. The van der Waals surface area contributed by atoms with Gasteiger partial charge in [-0.25, -0.2) is 0 Å². The monoisotopic (exact) mass is 309 g/mol. The van der Waals surface area contributed by atoms with Gasteiger partial charge in [-0.1, -0.05) is 12.1 Å². The first kappa shape index (κ1) is 17.2. The van der Waals surface area contributed by atoms with Crippen LogP contribution in [0.15, 0.2) is 24.3 Å². The van der Waals surface area contributed by atoms with Crippen molar-refractivity contribution in [3.05, 3.63) is 29.8 Å². The maximum atomic E-state index is 9.94. The topological polar surface area (TPSA) is 71.0 Å². The summed E-state index contributed by atoms with van der Waals surface area (Å²) in [5.41, 5.74) is 1.06. The second-order valence-corrected chi connectivity index (χ2v) is 5.93. The molecule has 0 bridgehead atoms. The zero-order valence-electron chi connectivity index (χ0n) is 13.2. The number of hydrogen-bond donors (Lipinski definition) is 3. The summed E-state index contributed by atoms with van der Waals surface area (Å²) < 4.78 is 10.6. The van der Waals surface area contributed by atoms with E-state index in [4.69, 9.17) is 9.47 Å². The molecule has 1 aliphatic carbocycles. The van der Waals surface area contributed by atoms with E-state index >= 15 is 0 Å². The average Bonchev–Trinajstić information content (AvgIpc) is 2.55. The van der Waals surface area contributed by atoms with Gasteiger partial charge >= 0.3 is 0 Å². The molecule has 1 atom stereocenters. The molecule has 0 aromatic heterocycles. The molecule has 1 aliphatic rings. The number of methoxy groups -OCH3 is 1. The predicted octanol–water partition coefficient (Wildman–Crippen LogP) is 1.47. The number of aliphatic hydroxyl groups is 2. The van der Waals surface area contributed by atoms with Gasteiger partial charge < -0.3 is 25.0 Å².